The third-order valence-corrected chi connectivity index (χ3v) is 4.75. The van der Waals surface area contributed by atoms with Crippen LogP contribution in [0.25, 0.3) is 0 Å². The third kappa shape index (κ3) is 5.60. The Morgan fingerprint density at radius 1 is 1.04 bits per heavy atom. The number of nitrogens with one attached hydrogen (secondary N) is 2. The molecule has 27 heavy (non-hydrogen) atoms. The van der Waals surface area contributed by atoms with Crippen LogP contribution in [0.15, 0.2) is 24.3 Å². The summed E-state index contributed by atoms with van der Waals surface area (Å²) in [6, 6.07) is 6.88. The smallest absolute Gasteiger partial charge is 0.411 e. The summed E-state index contributed by atoms with van der Waals surface area (Å²) in [6.45, 7) is 6.50. The maximum absolute atomic E-state index is 12.5. The summed E-state index contributed by atoms with van der Waals surface area (Å²) in [4.78, 5) is 39.6. The quantitative estimate of drug-likeness (QED) is 0.826. The van der Waals surface area contributed by atoms with Crippen LogP contribution in [0.2, 0.25) is 0 Å². The molecule has 2 rings (SSSR count). The van der Waals surface area contributed by atoms with Gasteiger partial charge in [-0.2, -0.15) is 0 Å². The number of rotatable bonds is 5. The zero-order valence-corrected chi connectivity index (χ0v) is 16.2. The molecule has 0 unspecified atom stereocenters. The maximum Gasteiger partial charge on any atom is 0.411 e. The summed E-state index contributed by atoms with van der Waals surface area (Å²) in [7, 11) is 1.30. The van der Waals surface area contributed by atoms with Crippen molar-refractivity contribution in [2.24, 2.45) is 5.92 Å². The molecule has 0 atom stereocenters. The van der Waals surface area contributed by atoms with Crippen LogP contribution in [0, 0.1) is 5.92 Å². The van der Waals surface area contributed by atoms with Crippen molar-refractivity contribution < 1.29 is 19.1 Å². The van der Waals surface area contributed by atoms with Crippen LogP contribution in [0.1, 0.15) is 26.7 Å². The van der Waals surface area contributed by atoms with E-state index in [-0.39, 0.29) is 17.9 Å². The highest BCUT2D eigenvalue weighted by Crippen LogP contribution is 2.21. The lowest BCUT2D eigenvalue weighted by Crippen LogP contribution is -2.47. The van der Waals surface area contributed by atoms with Gasteiger partial charge in [-0.25, -0.2) is 9.59 Å². The molecule has 0 aromatic heterocycles. The maximum atomic E-state index is 12.5. The van der Waals surface area contributed by atoms with Gasteiger partial charge >= 0.3 is 12.1 Å². The van der Waals surface area contributed by atoms with Crippen molar-refractivity contribution >= 4 is 29.4 Å². The first-order valence-corrected chi connectivity index (χ1v) is 9.28. The molecule has 1 fully saturated rings. The van der Waals surface area contributed by atoms with Crippen LogP contribution in [0.3, 0.4) is 0 Å². The zero-order valence-electron chi connectivity index (χ0n) is 16.2. The van der Waals surface area contributed by atoms with Gasteiger partial charge in [0.2, 0.25) is 5.91 Å². The van der Waals surface area contributed by atoms with Crippen LogP contribution in [-0.4, -0.2) is 61.1 Å². The van der Waals surface area contributed by atoms with Crippen molar-refractivity contribution in [3.63, 3.8) is 0 Å². The second kappa shape index (κ2) is 9.80. The van der Waals surface area contributed by atoms with Crippen molar-refractivity contribution in [3.8, 4) is 0 Å². The number of carbonyl (C=O) groups excluding carboxylic acids is 3. The highest BCUT2D eigenvalue weighted by Gasteiger charge is 2.28. The average molecular weight is 376 g/mol. The number of hydrogen-bond donors (Lipinski definition) is 2. The van der Waals surface area contributed by atoms with E-state index in [2.05, 4.69) is 15.4 Å². The fourth-order valence-corrected chi connectivity index (χ4v) is 3.08. The third-order valence-electron chi connectivity index (χ3n) is 4.75. The summed E-state index contributed by atoms with van der Waals surface area (Å²) >= 11 is 0. The molecule has 0 spiro atoms. The number of carbonyl (C=O) groups is 3. The van der Waals surface area contributed by atoms with E-state index in [9.17, 15) is 14.4 Å². The number of ether oxygens (including phenoxy) is 1. The predicted molar refractivity (Wildman–Crippen MR) is 104 cm³/mol. The van der Waals surface area contributed by atoms with E-state index in [1.807, 2.05) is 18.7 Å². The van der Waals surface area contributed by atoms with E-state index in [1.165, 1.54) is 7.11 Å². The second-order valence-corrected chi connectivity index (χ2v) is 6.40. The van der Waals surface area contributed by atoms with E-state index in [0.29, 0.717) is 50.4 Å². The van der Waals surface area contributed by atoms with Gasteiger partial charge in [-0.3, -0.25) is 10.1 Å². The van der Waals surface area contributed by atoms with Gasteiger partial charge in [0.25, 0.3) is 0 Å². The molecule has 0 bridgehead atoms. The molecule has 1 aromatic carbocycles. The van der Waals surface area contributed by atoms with Crippen molar-refractivity contribution in [3.05, 3.63) is 24.3 Å². The Balaban J connectivity index is 1.84. The van der Waals surface area contributed by atoms with Gasteiger partial charge in [-0.15, -0.1) is 0 Å². The molecular formula is C19H28N4O4. The van der Waals surface area contributed by atoms with Crippen LogP contribution >= 0.6 is 0 Å². The number of urea groups is 1. The highest BCUT2D eigenvalue weighted by atomic mass is 16.5. The Kier molecular flexibility index (Phi) is 7.45. The van der Waals surface area contributed by atoms with Gasteiger partial charge in [0.05, 0.1) is 7.11 Å². The molecular weight excluding hydrogens is 348 g/mol. The molecule has 1 aromatic rings. The monoisotopic (exact) mass is 376 g/mol. The van der Waals surface area contributed by atoms with Crippen molar-refractivity contribution in [1.82, 2.24) is 9.80 Å². The summed E-state index contributed by atoms with van der Waals surface area (Å²) in [6.07, 6.45) is 0.763. The first kappa shape index (κ1) is 20.5. The fourth-order valence-electron chi connectivity index (χ4n) is 3.08. The van der Waals surface area contributed by atoms with Gasteiger partial charge in [0, 0.05) is 43.5 Å². The van der Waals surface area contributed by atoms with Crippen LogP contribution in [0.5, 0.6) is 0 Å². The molecule has 2 N–H and O–H groups in total. The number of likely N-dealkylation sites (tertiary alicyclic amines) is 1. The van der Waals surface area contributed by atoms with Gasteiger partial charge in [-0.1, -0.05) is 0 Å². The fraction of sp³-hybridized carbons (Fsp3) is 0.526. The molecule has 1 saturated heterocycles. The first-order chi connectivity index (χ1) is 13.0. The topological polar surface area (TPSA) is 91.0 Å². The van der Waals surface area contributed by atoms with Crippen molar-refractivity contribution in [2.45, 2.75) is 26.7 Å². The molecule has 4 amide bonds. The summed E-state index contributed by atoms with van der Waals surface area (Å²) in [5, 5.41) is 5.45. The minimum Gasteiger partial charge on any atom is -0.453 e. The number of methoxy groups -OCH3 is 1. The van der Waals surface area contributed by atoms with Crippen LogP contribution in [-0.2, 0) is 9.53 Å². The molecule has 8 heteroatoms. The van der Waals surface area contributed by atoms with Crippen molar-refractivity contribution in [2.75, 3.05) is 43.9 Å². The van der Waals surface area contributed by atoms with E-state index in [4.69, 9.17) is 0 Å². The SMILES string of the molecule is CCN(CC)C(=O)N1CCC(C(=O)Nc2ccc(NC(=O)OC)cc2)CC1. The Morgan fingerprint density at radius 3 is 2.04 bits per heavy atom. The number of piperidine rings is 1. The van der Waals surface area contributed by atoms with E-state index in [0.717, 1.165) is 0 Å². The van der Waals surface area contributed by atoms with Gasteiger partial charge < -0.3 is 19.9 Å². The molecule has 0 aliphatic carbocycles. The lowest BCUT2D eigenvalue weighted by atomic mass is 9.96. The van der Waals surface area contributed by atoms with Crippen molar-refractivity contribution in [1.29, 1.82) is 0 Å². The van der Waals surface area contributed by atoms with Crippen LogP contribution < -0.4 is 10.6 Å². The lowest BCUT2D eigenvalue weighted by molar-refractivity contribution is -0.121. The zero-order chi connectivity index (χ0) is 19.8. The van der Waals surface area contributed by atoms with Gasteiger partial charge in [0.1, 0.15) is 0 Å². The summed E-state index contributed by atoms with van der Waals surface area (Å²) < 4.78 is 4.53. The van der Waals surface area contributed by atoms with Gasteiger partial charge in [-0.05, 0) is 51.0 Å². The average Bonchev–Trinajstić information content (AvgIpc) is 2.70. The summed E-state index contributed by atoms with van der Waals surface area (Å²) in [5.41, 5.74) is 1.25. The number of hydrogen-bond acceptors (Lipinski definition) is 4. The van der Waals surface area contributed by atoms with Gasteiger partial charge in [0.15, 0.2) is 0 Å². The second-order valence-electron chi connectivity index (χ2n) is 6.40. The molecule has 0 radical (unpaired) electrons. The van der Waals surface area contributed by atoms with E-state index in [1.54, 1.807) is 29.2 Å². The Morgan fingerprint density at radius 2 is 1.56 bits per heavy atom. The lowest BCUT2D eigenvalue weighted by Gasteiger charge is -2.34. The predicted octanol–water partition coefficient (Wildman–Crippen LogP) is 2.98. The highest BCUT2D eigenvalue weighted by molar-refractivity contribution is 5.93. The number of amides is 4. The number of nitrogens with zero attached hydrogens (tertiary/aromatic N) is 2. The first-order valence-electron chi connectivity index (χ1n) is 9.28. The molecule has 1 aliphatic heterocycles. The molecule has 0 saturated carbocycles. The summed E-state index contributed by atoms with van der Waals surface area (Å²) in [5.74, 6) is -0.155. The normalized spacial score (nSPS) is 14.4. The minimum absolute atomic E-state index is 0.0429. The van der Waals surface area contributed by atoms with E-state index >= 15 is 0 Å². The molecule has 1 heterocycles. The molecule has 8 nitrogen and oxygen atoms in total. The van der Waals surface area contributed by atoms with E-state index < -0.39 is 6.09 Å². The standard InChI is InChI=1S/C19H28N4O4/c1-4-22(5-2)19(26)23-12-10-14(11-13-23)17(24)20-15-6-8-16(9-7-15)21-18(25)27-3/h6-9,14H,4-5,10-13H2,1-3H3,(H,20,24)(H,21,25). The van der Waals surface area contributed by atoms with Crippen LogP contribution in [0.4, 0.5) is 21.0 Å². The molecule has 148 valence electrons. The number of anilines is 2. The Labute approximate surface area is 159 Å². The largest absolute Gasteiger partial charge is 0.453 e. The Hall–Kier alpha value is -2.77. The molecule has 1 aliphatic rings. The number of benzene rings is 1. The minimum atomic E-state index is -0.544. The Bertz CT molecular complexity index is 650.